The third-order valence-electron chi connectivity index (χ3n) is 3.97. The van der Waals surface area contributed by atoms with Crippen LogP contribution in [0.3, 0.4) is 0 Å². The Kier molecular flexibility index (Phi) is 3.71. The van der Waals surface area contributed by atoms with Gasteiger partial charge in [-0.3, -0.25) is 10.3 Å². The number of nitrogens with one attached hydrogen (secondary N) is 1. The van der Waals surface area contributed by atoms with Crippen LogP contribution in [-0.2, 0) is 19.5 Å². The number of fused-ring (bicyclic) bond motifs is 1. The maximum Gasteiger partial charge on any atom is 0.128 e. The number of nitrogens with two attached hydrogens (primary N) is 1. The van der Waals surface area contributed by atoms with Gasteiger partial charge < -0.3 is 5.73 Å². The summed E-state index contributed by atoms with van der Waals surface area (Å²) in [5, 5.41) is 7.34. The van der Waals surface area contributed by atoms with Gasteiger partial charge in [-0.05, 0) is 23.6 Å². The minimum Gasteiger partial charge on any atom is -0.384 e. The highest BCUT2D eigenvalue weighted by Gasteiger charge is 2.17. The topological polar surface area (TPSA) is 53.1 Å². The Hall–Kier alpha value is -2.20. The molecule has 0 unspecified atom stereocenters. The first kappa shape index (κ1) is 13.8. The molecule has 1 aliphatic heterocycles. The Bertz CT molecular complexity index is 681. The first-order chi connectivity index (χ1) is 10.1. The van der Waals surface area contributed by atoms with Crippen LogP contribution in [0.4, 0.5) is 4.39 Å². The van der Waals surface area contributed by atoms with Crippen LogP contribution in [-0.4, -0.2) is 17.3 Å². The molecule has 0 saturated heterocycles. The van der Waals surface area contributed by atoms with E-state index in [0.717, 1.165) is 19.5 Å². The van der Waals surface area contributed by atoms with Gasteiger partial charge in [-0.15, -0.1) is 0 Å². The van der Waals surface area contributed by atoms with Crippen LogP contribution in [0.1, 0.15) is 22.3 Å². The molecule has 2 aromatic carbocycles. The van der Waals surface area contributed by atoms with Crippen LogP contribution in [0, 0.1) is 11.2 Å². The molecule has 0 radical (unpaired) electrons. The molecule has 3 rings (SSSR count). The molecular weight excluding hydrogens is 265 g/mol. The fourth-order valence-electron chi connectivity index (χ4n) is 2.77. The zero-order valence-electron chi connectivity index (χ0n) is 11.8. The number of nitrogens with zero attached hydrogens (tertiary/aromatic N) is 1. The number of benzene rings is 2. The molecule has 0 fully saturated rings. The molecule has 3 N–H and O–H groups in total. The Labute approximate surface area is 123 Å². The maximum absolute atomic E-state index is 14.1. The van der Waals surface area contributed by atoms with E-state index in [2.05, 4.69) is 23.1 Å². The first-order valence-corrected chi connectivity index (χ1v) is 7.05. The second kappa shape index (κ2) is 5.66. The smallest absolute Gasteiger partial charge is 0.128 e. The van der Waals surface area contributed by atoms with Crippen LogP contribution in [0.25, 0.3) is 0 Å². The Morgan fingerprint density at radius 3 is 2.67 bits per heavy atom. The monoisotopic (exact) mass is 283 g/mol. The van der Waals surface area contributed by atoms with Gasteiger partial charge in [0, 0.05) is 30.8 Å². The fourth-order valence-corrected chi connectivity index (χ4v) is 2.77. The van der Waals surface area contributed by atoms with E-state index in [4.69, 9.17) is 11.1 Å². The lowest BCUT2D eigenvalue weighted by molar-refractivity contribution is 0.242. The summed E-state index contributed by atoms with van der Waals surface area (Å²) in [6.07, 6.45) is 1.00. The number of halogens is 1. The van der Waals surface area contributed by atoms with Gasteiger partial charge in [-0.1, -0.05) is 36.4 Å². The highest BCUT2D eigenvalue weighted by Crippen LogP contribution is 2.21. The predicted octanol–water partition coefficient (Wildman–Crippen LogP) is 2.67. The summed E-state index contributed by atoms with van der Waals surface area (Å²) in [7, 11) is 0. The number of amidine groups is 1. The van der Waals surface area contributed by atoms with E-state index in [1.54, 1.807) is 12.1 Å². The van der Waals surface area contributed by atoms with Gasteiger partial charge in [-0.2, -0.15) is 0 Å². The van der Waals surface area contributed by atoms with Crippen LogP contribution in [0.15, 0.2) is 42.5 Å². The molecule has 0 bridgehead atoms. The minimum atomic E-state index is -0.290. The van der Waals surface area contributed by atoms with E-state index >= 15 is 0 Å². The van der Waals surface area contributed by atoms with E-state index in [1.807, 2.05) is 6.07 Å². The maximum atomic E-state index is 14.1. The minimum absolute atomic E-state index is 0.104. The van der Waals surface area contributed by atoms with E-state index in [1.165, 1.54) is 17.2 Å². The lowest BCUT2D eigenvalue weighted by Gasteiger charge is -2.28. The highest BCUT2D eigenvalue weighted by atomic mass is 19.1. The average molecular weight is 283 g/mol. The van der Waals surface area contributed by atoms with Crippen LogP contribution in [0.2, 0.25) is 0 Å². The predicted molar refractivity (Wildman–Crippen MR) is 81.7 cm³/mol. The number of rotatable bonds is 3. The van der Waals surface area contributed by atoms with E-state index < -0.39 is 0 Å². The molecule has 0 aromatic heterocycles. The van der Waals surface area contributed by atoms with Crippen LogP contribution >= 0.6 is 0 Å². The van der Waals surface area contributed by atoms with Crippen molar-refractivity contribution in [3.63, 3.8) is 0 Å². The molecule has 0 atom stereocenters. The van der Waals surface area contributed by atoms with Gasteiger partial charge in [0.1, 0.15) is 11.7 Å². The molecule has 0 saturated carbocycles. The highest BCUT2D eigenvalue weighted by molar-refractivity contribution is 5.94. The summed E-state index contributed by atoms with van der Waals surface area (Å²) in [5.41, 5.74) is 9.17. The van der Waals surface area contributed by atoms with Crippen molar-refractivity contribution in [2.75, 3.05) is 6.54 Å². The second-order valence-electron chi connectivity index (χ2n) is 5.45. The number of hydrogen-bond acceptors (Lipinski definition) is 2. The van der Waals surface area contributed by atoms with Crippen molar-refractivity contribution in [2.45, 2.75) is 19.5 Å². The zero-order valence-corrected chi connectivity index (χ0v) is 11.8. The number of hydrogen-bond donors (Lipinski definition) is 2. The molecule has 21 heavy (non-hydrogen) atoms. The largest absolute Gasteiger partial charge is 0.384 e. The molecule has 1 heterocycles. The summed E-state index contributed by atoms with van der Waals surface area (Å²) < 4.78 is 14.1. The van der Waals surface area contributed by atoms with Crippen molar-refractivity contribution in [1.82, 2.24) is 4.90 Å². The third kappa shape index (κ3) is 2.95. The van der Waals surface area contributed by atoms with Crippen molar-refractivity contribution in [3.05, 3.63) is 70.5 Å². The van der Waals surface area contributed by atoms with Crippen molar-refractivity contribution >= 4 is 5.84 Å². The van der Waals surface area contributed by atoms with Gasteiger partial charge in [0.05, 0.1) is 0 Å². The van der Waals surface area contributed by atoms with Gasteiger partial charge in [-0.25, -0.2) is 4.39 Å². The molecule has 4 heteroatoms. The number of nitrogen functional groups attached to an aromatic ring is 1. The lowest BCUT2D eigenvalue weighted by Crippen LogP contribution is -2.30. The molecule has 1 aliphatic rings. The molecule has 2 aromatic rings. The summed E-state index contributed by atoms with van der Waals surface area (Å²) in [6, 6.07) is 13.2. The van der Waals surface area contributed by atoms with Crippen LogP contribution in [0.5, 0.6) is 0 Å². The summed E-state index contributed by atoms with van der Waals surface area (Å²) in [6.45, 7) is 2.37. The van der Waals surface area contributed by atoms with Crippen molar-refractivity contribution in [1.29, 1.82) is 5.41 Å². The van der Waals surface area contributed by atoms with Gasteiger partial charge in [0.15, 0.2) is 0 Å². The SMILES string of the molecule is N=C(N)c1ccc(CN2CCc3ccccc3C2)c(F)c1. The van der Waals surface area contributed by atoms with Gasteiger partial charge in [0.25, 0.3) is 0 Å². The summed E-state index contributed by atoms with van der Waals surface area (Å²) in [5.74, 6) is -0.395. The quantitative estimate of drug-likeness (QED) is 0.672. The standard InChI is InChI=1S/C17H18FN3/c18-16-9-13(17(19)20)5-6-15(16)11-21-8-7-12-3-1-2-4-14(12)10-21/h1-6,9H,7-8,10-11H2,(H3,19,20). The molecule has 0 spiro atoms. The lowest BCUT2D eigenvalue weighted by atomic mass is 9.99. The van der Waals surface area contributed by atoms with Crippen molar-refractivity contribution < 1.29 is 4.39 Å². The first-order valence-electron chi connectivity index (χ1n) is 7.05. The third-order valence-corrected chi connectivity index (χ3v) is 3.97. The van der Waals surface area contributed by atoms with E-state index in [9.17, 15) is 4.39 Å². The fraction of sp³-hybridized carbons (Fsp3) is 0.235. The van der Waals surface area contributed by atoms with E-state index in [0.29, 0.717) is 17.7 Å². The molecule has 0 amide bonds. The Balaban J connectivity index is 1.75. The normalized spacial score (nSPS) is 14.7. The average Bonchev–Trinajstić information content (AvgIpc) is 2.49. The Morgan fingerprint density at radius 1 is 1.19 bits per heavy atom. The molecule has 108 valence electrons. The van der Waals surface area contributed by atoms with Gasteiger partial charge >= 0.3 is 0 Å². The summed E-state index contributed by atoms with van der Waals surface area (Å²) >= 11 is 0. The van der Waals surface area contributed by atoms with E-state index in [-0.39, 0.29) is 11.7 Å². The molecule has 0 aliphatic carbocycles. The molecule has 3 nitrogen and oxygen atoms in total. The Morgan fingerprint density at radius 2 is 1.95 bits per heavy atom. The van der Waals surface area contributed by atoms with Gasteiger partial charge in [0.2, 0.25) is 0 Å². The summed E-state index contributed by atoms with van der Waals surface area (Å²) in [4.78, 5) is 2.24. The zero-order chi connectivity index (χ0) is 14.8. The molecular formula is C17H18FN3. The second-order valence-corrected chi connectivity index (χ2v) is 5.45. The van der Waals surface area contributed by atoms with Crippen LogP contribution < -0.4 is 5.73 Å². The van der Waals surface area contributed by atoms with Crippen molar-refractivity contribution in [2.24, 2.45) is 5.73 Å². The van der Waals surface area contributed by atoms with Crippen molar-refractivity contribution in [3.8, 4) is 0 Å².